The summed E-state index contributed by atoms with van der Waals surface area (Å²) >= 11 is 3.47. The SMILES string of the molecule is CCc1cc(Br)ccc1Nc1ccc(C(=O)O)cc1C. The van der Waals surface area contributed by atoms with E-state index in [4.69, 9.17) is 5.11 Å². The third kappa shape index (κ3) is 3.20. The second-order valence-corrected chi connectivity index (χ2v) is 5.53. The van der Waals surface area contributed by atoms with E-state index in [-0.39, 0.29) is 0 Å². The molecule has 2 aromatic rings. The molecule has 0 bridgehead atoms. The number of carboxylic acid groups (broad SMARTS) is 1. The van der Waals surface area contributed by atoms with E-state index < -0.39 is 5.97 Å². The van der Waals surface area contributed by atoms with Crippen LogP contribution in [0.15, 0.2) is 40.9 Å². The van der Waals surface area contributed by atoms with E-state index >= 15 is 0 Å². The minimum absolute atomic E-state index is 0.305. The molecule has 0 aliphatic carbocycles. The standard InChI is InChI=1S/C16H16BrNO2/c1-3-11-9-13(17)5-7-15(11)18-14-6-4-12(16(19)20)8-10(14)2/h4-9,18H,3H2,1-2H3,(H,19,20). The van der Waals surface area contributed by atoms with Gasteiger partial charge in [-0.1, -0.05) is 22.9 Å². The van der Waals surface area contributed by atoms with Crippen LogP contribution in [0.1, 0.15) is 28.4 Å². The van der Waals surface area contributed by atoms with Gasteiger partial charge in [0, 0.05) is 15.8 Å². The first kappa shape index (κ1) is 14.6. The van der Waals surface area contributed by atoms with E-state index in [9.17, 15) is 4.79 Å². The van der Waals surface area contributed by atoms with Crippen molar-refractivity contribution < 1.29 is 9.90 Å². The zero-order valence-corrected chi connectivity index (χ0v) is 13.0. The van der Waals surface area contributed by atoms with Gasteiger partial charge in [-0.15, -0.1) is 0 Å². The largest absolute Gasteiger partial charge is 0.478 e. The highest BCUT2D eigenvalue weighted by atomic mass is 79.9. The third-order valence-electron chi connectivity index (χ3n) is 3.19. The number of aromatic carboxylic acids is 1. The molecule has 104 valence electrons. The molecular formula is C16H16BrNO2. The summed E-state index contributed by atoms with van der Waals surface area (Å²) in [7, 11) is 0. The molecule has 2 rings (SSSR count). The van der Waals surface area contributed by atoms with Crippen molar-refractivity contribution >= 4 is 33.3 Å². The van der Waals surface area contributed by atoms with Crippen LogP contribution in [-0.4, -0.2) is 11.1 Å². The Labute approximate surface area is 126 Å². The number of carboxylic acids is 1. The van der Waals surface area contributed by atoms with Gasteiger partial charge in [-0.25, -0.2) is 4.79 Å². The molecule has 0 saturated carbocycles. The van der Waals surface area contributed by atoms with Crippen molar-refractivity contribution in [3.05, 3.63) is 57.6 Å². The fraction of sp³-hybridized carbons (Fsp3) is 0.188. The van der Waals surface area contributed by atoms with Crippen LogP contribution in [0.3, 0.4) is 0 Å². The highest BCUT2D eigenvalue weighted by molar-refractivity contribution is 9.10. The van der Waals surface area contributed by atoms with Crippen LogP contribution in [0.25, 0.3) is 0 Å². The van der Waals surface area contributed by atoms with E-state index in [0.717, 1.165) is 27.8 Å². The Bertz CT molecular complexity index is 653. The number of nitrogens with one attached hydrogen (secondary N) is 1. The predicted molar refractivity (Wildman–Crippen MR) is 84.9 cm³/mol. The lowest BCUT2D eigenvalue weighted by molar-refractivity contribution is 0.0697. The molecule has 0 heterocycles. The highest BCUT2D eigenvalue weighted by Crippen LogP contribution is 2.27. The summed E-state index contributed by atoms with van der Waals surface area (Å²) < 4.78 is 1.05. The van der Waals surface area contributed by atoms with Gasteiger partial charge in [0.05, 0.1) is 5.56 Å². The Hall–Kier alpha value is -1.81. The molecule has 0 aliphatic heterocycles. The van der Waals surface area contributed by atoms with E-state index in [1.54, 1.807) is 18.2 Å². The Morgan fingerprint density at radius 2 is 1.90 bits per heavy atom. The summed E-state index contributed by atoms with van der Waals surface area (Å²) in [5.74, 6) is -0.905. The predicted octanol–water partition coefficient (Wildman–Crippen LogP) is 4.76. The number of rotatable bonds is 4. The number of halogens is 1. The fourth-order valence-corrected chi connectivity index (χ4v) is 2.47. The van der Waals surface area contributed by atoms with Gasteiger partial charge in [0.1, 0.15) is 0 Å². The van der Waals surface area contributed by atoms with Crippen molar-refractivity contribution in [2.45, 2.75) is 20.3 Å². The lowest BCUT2D eigenvalue weighted by atomic mass is 10.1. The minimum Gasteiger partial charge on any atom is -0.478 e. The first-order chi connectivity index (χ1) is 9.51. The van der Waals surface area contributed by atoms with Gasteiger partial charge in [0.2, 0.25) is 0 Å². The van der Waals surface area contributed by atoms with E-state index in [1.165, 1.54) is 5.56 Å². The summed E-state index contributed by atoms with van der Waals surface area (Å²) in [6.07, 6.45) is 0.925. The van der Waals surface area contributed by atoms with Crippen LogP contribution in [0.2, 0.25) is 0 Å². The lowest BCUT2D eigenvalue weighted by Crippen LogP contribution is -2.00. The summed E-state index contributed by atoms with van der Waals surface area (Å²) in [4.78, 5) is 10.9. The van der Waals surface area contributed by atoms with Gasteiger partial charge in [-0.05, 0) is 60.9 Å². The number of hydrogen-bond donors (Lipinski definition) is 2. The number of carbonyl (C=O) groups is 1. The van der Waals surface area contributed by atoms with Crippen molar-refractivity contribution in [1.29, 1.82) is 0 Å². The summed E-state index contributed by atoms with van der Waals surface area (Å²) in [5, 5.41) is 12.3. The third-order valence-corrected chi connectivity index (χ3v) is 3.68. The molecule has 0 spiro atoms. The first-order valence-corrected chi connectivity index (χ1v) is 7.20. The minimum atomic E-state index is -0.905. The van der Waals surface area contributed by atoms with Crippen LogP contribution in [0, 0.1) is 6.92 Å². The summed E-state index contributed by atoms with van der Waals surface area (Å²) in [6.45, 7) is 4.01. The summed E-state index contributed by atoms with van der Waals surface area (Å²) in [6, 6.07) is 11.2. The van der Waals surface area contributed by atoms with Gasteiger partial charge < -0.3 is 10.4 Å². The van der Waals surface area contributed by atoms with Crippen molar-refractivity contribution in [2.75, 3.05) is 5.32 Å². The number of benzene rings is 2. The first-order valence-electron chi connectivity index (χ1n) is 6.40. The van der Waals surface area contributed by atoms with Crippen LogP contribution in [-0.2, 0) is 6.42 Å². The average molecular weight is 334 g/mol. The van der Waals surface area contributed by atoms with Crippen LogP contribution in [0.4, 0.5) is 11.4 Å². The number of aryl methyl sites for hydroxylation is 2. The Balaban J connectivity index is 2.33. The van der Waals surface area contributed by atoms with Crippen LogP contribution < -0.4 is 5.32 Å². The molecule has 0 aromatic heterocycles. The summed E-state index contributed by atoms with van der Waals surface area (Å²) in [5.41, 5.74) is 4.39. The molecule has 0 saturated heterocycles. The molecule has 0 amide bonds. The second-order valence-electron chi connectivity index (χ2n) is 4.61. The van der Waals surface area contributed by atoms with Crippen molar-refractivity contribution in [2.24, 2.45) is 0 Å². The number of anilines is 2. The Morgan fingerprint density at radius 3 is 2.50 bits per heavy atom. The van der Waals surface area contributed by atoms with Gasteiger partial charge in [-0.3, -0.25) is 0 Å². The molecule has 4 heteroatoms. The molecule has 2 aromatic carbocycles. The maximum absolute atomic E-state index is 10.9. The van der Waals surface area contributed by atoms with Crippen molar-refractivity contribution in [1.82, 2.24) is 0 Å². The van der Waals surface area contributed by atoms with Gasteiger partial charge in [0.25, 0.3) is 0 Å². The fourth-order valence-electron chi connectivity index (χ4n) is 2.06. The maximum atomic E-state index is 10.9. The van der Waals surface area contributed by atoms with Crippen molar-refractivity contribution in [3.8, 4) is 0 Å². The molecule has 2 N–H and O–H groups in total. The van der Waals surface area contributed by atoms with Gasteiger partial charge in [0.15, 0.2) is 0 Å². The van der Waals surface area contributed by atoms with Crippen LogP contribution in [0.5, 0.6) is 0 Å². The molecule has 20 heavy (non-hydrogen) atoms. The van der Waals surface area contributed by atoms with E-state index in [1.807, 2.05) is 19.1 Å². The molecule has 0 atom stereocenters. The van der Waals surface area contributed by atoms with Gasteiger partial charge >= 0.3 is 5.97 Å². The van der Waals surface area contributed by atoms with Crippen LogP contribution >= 0.6 is 15.9 Å². The normalized spacial score (nSPS) is 10.3. The molecule has 0 fully saturated rings. The zero-order chi connectivity index (χ0) is 14.7. The molecule has 0 unspecified atom stereocenters. The maximum Gasteiger partial charge on any atom is 0.335 e. The molecular weight excluding hydrogens is 318 g/mol. The zero-order valence-electron chi connectivity index (χ0n) is 11.4. The topological polar surface area (TPSA) is 49.3 Å². The number of hydrogen-bond acceptors (Lipinski definition) is 2. The van der Waals surface area contributed by atoms with Gasteiger partial charge in [-0.2, -0.15) is 0 Å². The Kier molecular flexibility index (Phi) is 4.45. The smallest absolute Gasteiger partial charge is 0.335 e. The lowest BCUT2D eigenvalue weighted by Gasteiger charge is -2.14. The molecule has 3 nitrogen and oxygen atoms in total. The molecule has 0 aliphatic rings. The average Bonchev–Trinajstić information content (AvgIpc) is 2.42. The molecule has 0 radical (unpaired) electrons. The van der Waals surface area contributed by atoms with Crippen molar-refractivity contribution in [3.63, 3.8) is 0 Å². The monoisotopic (exact) mass is 333 g/mol. The Morgan fingerprint density at radius 1 is 1.20 bits per heavy atom. The quantitative estimate of drug-likeness (QED) is 0.847. The second kappa shape index (κ2) is 6.09. The van der Waals surface area contributed by atoms with E-state index in [0.29, 0.717) is 5.56 Å². The highest BCUT2D eigenvalue weighted by Gasteiger charge is 2.07. The van der Waals surface area contributed by atoms with E-state index in [2.05, 4.69) is 34.2 Å².